The highest BCUT2D eigenvalue weighted by atomic mass is 19.1. The lowest BCUT2D eigenvalue weighted by atomic mass is 10.0. The molecule has 2 aromatic carbocycles. The Hall–Kier alpha value is -3.60. The second kappa shape index (κ2) is 6.72. The van der Waals surface area contributed by atoms with Gasteiger partial charge in [0, 0.05) is 29.0 Å². The summed E-state index contributed by atoms with van der Waals surface area (Å²) in [7, 11) is 0. The van der Waals surface area contributed by atoms with Crippen LogP contribution >= 0.6 is 0 Å². The van der Waals surface area contributed by atoms with Crippen molar-refractivity contribution in [3.8, 4) is 11.3 Å². The average molecular weight is 343 g/mol. The van der Waals surface area contributed by atoms with Crippen molar-refractivity contribution in [1.29, 1.82) is 0 Å². The molecule has 26 heavy (non-hydrogen) atoms. The molecule has 0 fully saturated rings. The van der Waals surface area contributed by atoms with E-state index < -0.39 is 5.82 Å². The molecule has 0 aliphatic rings. The molecule has 1 amide bonds. The first-order chi connectivity index (χ1) is 12.7. The number of pyridine rings is 2. The summed E-state index contributed by atoms with van der Waals surface area (Å²) in [6, 6.07) is 18.7. The van der Waals surface area contributed by atoms with Crippen molar-refractivity contribution in [2.75, 3.05) is 5.32 Å². The number of hydrogen-bond acceptors (Lipinski definition) is 3. The first-order valence-corrected chi connectivity index (χ1v) is 8.08. The smallest absolute Gasteiger partial charge is 0.256 e. The van der Waals surface area contributed by atoms with Gasteiger partial charge in [0.15, 0.2) is 0 Å². The molecular weight excluding hydrogens is 329 g/mol. The van der Waals surface area contributed by atoms with Gasteiger partial charge in [0.2, 0.25) is 0 Å². The lowest BCUT2D eigenvalue weighted by Crippen LogP contribution is -2.13. The Morgan fingerprint density at radius 2 is 1.85 bits per heavy atom. The zero-order valence-electron chi connectivity index (χ0n) is 13.7. The number of anilines is 1. The third kappa shape index (κ3) is 3.15. The lowest BCUT2D eigenvalue weighted by molar-refractivity contribution is 0.102. The van der Waals surface area contributed by atoms with E-state index in [2.05, 4.69) is 15.3 Å². The van der Waals surface area contributed by atoms with Crippen molar-refractivity contribution in [2.24, 2.45) is 0 Å². The highest BCUT2D eigenvalue weighted by Crippen LogP contribution is 2.25. The SMILES string of the molecule is O=C(Nc1cccc(F)c1)c1cc(-c2cccnc2)nc2ccccc12. The van der Waals surface area contributed by atoms with Gasteiger partial charge in [0.05, 0.1) is 16.8 Å². The highest BCUT2D eigenvalue weighted by molar-refractivity contribution is 6.13. The molecular formula is C21H14FN3O. The second-order valence-corrected chi connectivity index (χ2v) is 5.78. The third-order valence-electron chi connectivity index (χ3n) is 4.00. The Balaban J connectivity index is 1.81. The van der Waals surface area contributed by atoms with Crippen LogP contribution in [0, 0.1) is 5.82 Å². The fourth-order valence-corrected chi connectivity index (χ4v) is 2.79. The van der Waals surface area contributed by atoms with E-state index >= 15 is 0 Å². The van der Waals surface area contributed by atoms with E-state index in [0.29, 0.717) is 22.5 Å². The molecule has 126 valence electrons. The molecule has 0 spiro atoms. The van der Waals surface area contributed by atoms with Crippen molar-refractivity contribution in [3.63, 3.8) is 0 Å². The Bertz CT molecular complexity index is 1100. The summed E-state index contributed by atoms with van der Waals surface area (Å²) < 4.78 is 13.4. The lowest BCUT2D eigenvalue weighted by Gasteiger charge is -2.10. The maximum atomic E-state index is 13.4. The van der Waals surface area contributed by atoms with E-state index in [1.807, 2.05) is 36.4 Å². The van der Waals surface area contributed by atoms with Crippen LogP contribution in [0.5, 0.6) is 0 Å². The van der Waals surface area contributed by atoms with Crippen LogP contribution in [0.2, 0.25) is 0 Å². The van der Waals surface area contributed by atoms with Crippen LogP contribution in [0.15, 0.2) is 79.1 Å². The van der Waals surface area contributed by atoms with Crippen LogP contribution in [-0.4, -0.2) is 15.9 Å². The molecule has 0 unspecified atom stereocenters. The average Bonchev–Trinajstić information content (AvgIpc) is 2.68. The summed E-state index contributed by atoms with van der Waals surface area (Å²) in [5.74, 6) is -0.724. The van der Waals surface area contributed by atoms with Crippen LogP contribution in [0.25, 0.3) is 22.2 Å². The molecule has 0 saturated carbocycles. The number of hydrogen-bond donors (Lipinski definition) is 1. The van der Waals surface area contributed by atoms with Gasteiger partial charge < -0.3 is 5.32 Å². The van der Waals surface area contributed by atoms with Crippen LogP contribution in [0.1, 0.15) is 10.4 Å². The zero-order chi connectivity index (χ0) is 17.9. The van der Waals surface area contributed by atoms with E-state index in [4.69, 9.17) is 0 Å². The van der Waals surface area contributed by atoms with Crippen molar-refractivity contribution in [3.05, 3.63) is 90.5 Å². The van der Waals surface area contributed by atoms with E-state index in [1.54, 1.807) is 30.6 Å². The number of halogens is 1. The topological polar surface area (TPSA) is 54.9 Å². The maximum Gasteiger partial charge on any atom is 0.256 e. The molecule has 0 radical (unpaired) electrons. The molecule has 2 aromatic heterocycles. The number of carbonyl (C=O) groups is 1. The maximum absolute atomic E-state index is 13.4. The number of amides is 1. The number of para-hydroxylation sites is 1. The van der Waals surface area contributed by atoms with Gasteiger partial charge in [-0.25, -0.2) is 9.37 Å². The van der Waals surface area contributed by atoms with E-state index in [9.17, 15) is 9.18 Å². The fraction of sp³-hybridized carbons (Fsp3) is 0. The molecule has 0 aliphatic carbocycles. The quantitative estimate of drug-likeness (QED) is 0.587. The molecule has 0 aliphatic heterocycles. The minimum Gasteiger partial charge on any atom is -0.322 e. The van der Waals surface area contributed by atoms with Crippen molar-refractivity contribution >= 4 is 22.5 Å². The molecule has 4 aromatic rings. The van der Waals surface area contributed by atoms with Crippen molar-refractivity contribution in [2.45, 2.75) is 0 Å². The van der Waals surface area contributed by atoms with E-state index in [1.165, 1.54) is 12.1 Å². The van der Waals surface area contributed by atoms with Crippen LogP contribution < -0.4 is 5.32 Å². The predicted molar refractivity (Wildman–Crippen MR) is 99.3 cm³/mol. The van der Waals surface area contributed by atoms with Gasteiger partial charge in [0.1, 0.15) is 5.82 Å². The Morgan fingerprint density at radius 3 is 2.65 bits per heavy atom. The number of carbonyl (C=O) groups excluding carboxylic acids is 1. The standard InChI is InChI=1S/C21H14FN3O/c22-15-6-3-7-16(11-15)24-21(26)18-12-20(14-5-4-10-23-13-14)25-19-9-2-1-8-17(18)19/h1-13H,(H,24,26). The minimum absolute atomic E-state index is 0.320. The van der Waals surface area contributed by atoms with Crippen LogP contribution in [0.4, 0.5) is 10.1 Å². The van der Waals surface area contributed by atoms with Gasteiger partial charge in [-0.15, -0.1) is 0 Å². The van der Waals surface area contributed by atoms with Crippen LogP contribution in [0.3, 0.4) is 0 Å². The van der Waals surface area contributed by atoms with Crippen molar-refractivity contribution in [1.82, 2.24) is 9.97 Å². The zero-order valence-corrected chi connectivity index (χ0v) is 13.7. The molecule has 4 rings (SSSR count). The summed E-state index contributed by atoms with van der Waals surface area (Å²) in [4.78, 5) is 21.6. The van der Waals surface area contributed by atoms with Gasteiger partial charge in [-0.1, -0.05) is 24.3 Å². The number of benzene rings is 2. The van der Waals surface area contributed by atoms with Crippen LogP contribution in [-0.2, 0) is 0 Å². The Morgan fingerprint density at radius 1 is 0.962 bits per heavy atom. The number of nitrogens with one attached hydrogen (secondary N) is 1. The molecule has 4 nitrogen and oxygen atoms in total. The van der Waals surface area contributed by atoms with E-state index in [-0.39, 0.29) is 5.91 Å². The minimum atomic E-state index is -0.404. The predicted octanol–water partition coefficient (Wildman–Crippen LogP) is 4.69. The Labute approximate surface area is 149 Å². The monoisotopic (exact) mass is 343 g/mol. The second-order valence-electron chi connectivity index (χ2n) is 5.78. The largest absolute Gasteiger partial charge is 0.322 e. The molecule has 2 heterocycles. The van der Waals surface area contributed by atoms with Gasteiger partial charge in [-0.2, -0.15) is 0 Å². The van der Waals surface area contributed by atoms with Crippen molar-refractivity contribution < 1.29 is 9.18 Å². The summed E-state index contributed by atoms with van der Waals surface area (Å²) in [6.07, 6.45) is 3.38. The molecule has 0 bridgehead atoms. The fourth-order valence-electron chi connectivity index (χ4n) is 2.79. The molecule has 1 N–H and O–H groups in total. The van der Waals surface area contributed by atoms with Gasteiger partial charge in [-0.05, 0) is 42.5 Å². The summed E-state index contributed by atoms with van der Waals surface area (Å²) >= 11 is 0. The third-order valence-corrected chi connectivity index (χ3v) is 4.00. The summed E-state index contributed by atoms with van der Waals surface area (Å²) in [6.45, 7) is 0. The number of nitrogens with zero attached hydrogens (tertiary/aromatic N) is 2. The molecule has 5 heteroatoms. The number of rotatable bonds is 3. The van der Waals surface area contributed by atoms with Gasteiger partial charge >= 0.3 is 0 Å². The Kier molecular flexibility index (Phi) is 4.11. The van der Waals surface area contributed by atoms with Gasteiger partial charge in [0.25, 0.3) is 5.91 Å². The van der Waals surface area contributed by atoms with Gasteiger partial charge in [-0.3, -0.25) is 9.78 Å². The molecule has 0 saturated heterocycles. The normalized spacial score (nSPS) is 10.7. The number of fused-ring (bicyclic) bond motifs is 1. The highest BCUT2D eigenvalue weighted by Gasteiger charge is 2.14. The summed E-state index contributed by atoms with van der Waals surface area (Å²) in [5.41, 5.74) is 3.05. The van der Waals surface area contributed by atoms with E-state index in [0.717, 1.165) is 10.9 Å². The number of aromatic nitrogens is 2. The first-order valence-electron chi connectivity index (χ1n) is 8.08. The summed E-state index contributed by atoms with van der Waals surface area (Å²) in [5, 5.41) is 3.48. The molecule has 0 atom stereocenters. The first kappa shape index (κ1) is 15.9.